The first-order chi connectivity index (χ1) is 9.24. The van der Waals surface area contributed by atoms with E-state index >= 15 is 0 Å². The van der Waals surface area contributed by atoms with Crippen molar-refractivity contribution in [2.75, 3.05) is 31.6 Å². The predicted molar refractivity (Wildman–Crippen MR) is 84.6 cm³/mol. The monoisotopic (exact) mass is 286 g/mol. The topological polar surface area (TPSA) is 41.1 Å². The quantitative estimate of drug-likeness (QED) is 0.640. The van der Waals surface area contributed by atoms with Crippen molar-refractivity contribution in [1.82, 2.24) is 10.6 Å². The normalized spacial score (nSPS) is 21.1. The Balaban J connectivity index is 2.02. The summed E-state index contributed by atoms with van der Waals surface area (Å²) in [5, 5.41) is 6.49. The van der Waals surface area contributed by atoms with E-state index in [1.54, 1.807) is 0 Å². The number of hydrogen-bond acceptors (Lipinski definition) is 3. The molecule has 2 atom stereocenters. The third kappa shape index (κ3) is 7.83. The van der Waals surface area contributed by atoms with E-state index in [0.717, 1.165) is 26.1 Å². The zero-order valence-corrected chi connectivity index (χ0v) is 13.4. The number of unbranched alkanes of at least 4 members (excludes halogenated alkanes) is 2. The molecule has 0 aliphatic carbocycles. The molecule has 1 aliphatic rings. The SMILES string of the molecule is CSCCCCCNC(=O)CC(C)C1CCCNC1. The molecule has 1 fully saturated rings. The smallest absolute Gasteiger partial charge is 0.220 e. The summed E-state index contributed by atoms with van der Waals surface area (Å²) in [6, 6.07) is 0. The van der Waals surface area contributed by atoms with Crippen LogP contribution in [-0.2, 0) is 4.79 Å². The molecule has 0 aromatic rings. The molecule has 0 bridgehead atoms. The van der Waals surface area contributed by atoms with Gasteiger partial charge < -0.3 is 10.6 Å². The van der Waals surface area contributed by atoms with E-state index in [2.05, 4.69) is 23.8 Å². The lowest BCUT2D eigenvalue weighted by Gasteiger charge is -2.28. The summed E-state index contributed by atoms with van der Waals surface area (Å²) < 4.78 is 0. The van der Waals surface area contributed by atoms with Crippen molar-refractivity contribution in [3.05, 3.63) is 0 Å². The maximum atomic E-state index is 11.8. The van der Waals surface area contributed by atoms with Crippen LogP contribution in [0.5, 0.6) is 0 Å². The number of thioether (sulfide) groups is 1. The fourth-order valence-corrected chi connectivity index (χ4v) is 3.16. The molecule has 2 unspecified atom stereocenters. The van der Waals surface area contributed by atoms with E-state index in [-0.39, 0.29) is 5.91 Å². The zero-order chi connectivity index (χ0) is 13.9. The van der Waals surface area contributed by atoms with Gasteiger partial charge in [0, 0.05) is 13.0 Å². The van der Waals surface area contributed by atoms with E-state index in [4.69, 9.17) is 0 Å². The number of nitrogens with one attached hydrogen (secondary N) is 2. The molecule has 1 rings (SSSR count). The van der Waals surface area contributed by atoms with Crippen molar-refractivity contribution in [2.45, 2.75) is 45.4 Å². The minimum atomic E-state index is 0.239. The number of hydrogen-bond donors (Lipinski definition) is 2. The molecule has 19 heavy (non-hydrogen) atoms. The summed E-state index contributed by atoms with van der Waals surface area (Å²) >= 11 is 1.90. The van der Waals surface area contributed by atoms with Gasteiger partial charge >= 0.3 is 0 Å². The summed E-state index contributed by atoms with van der Waals surface area (Å²) in [6.45, 7) is 5.30. The molecule has 1 heterocycles. The Bertz CT molecular complexity index is 242. The zero-order valence-electron chi connectivity index (χ0n) is 12.5. The highest BCUT2D eigenvalue weighted by molar-refractivity contribution is 7.98. The molecule has 0 spiro atoms. The third-order valence-electron chi connectivity index (χ3n) is 3.99. The first kappa shape index (κ1) is 16.8. The van der Waals surface area contributed by atoms with Crippen LogP contribution >= 0.6 is 11.8 Å². The van der Waals surface area contributed by atoms with Gasteiger partial charge in [0.2, 0.25) is 5.91 Å². The molecule has 0 aromatic heterocycles. The number of carbonyl (C=O) groups excluding carboxylic acids is 1. The maximum absolute atomic E-state index is 11.8. The molecule has 4 heteroatoms. The Labute approximate surface area is 122 Å². The van der Waals surface area contributed by atoms with Crippen molar-refractivity contribution < 1.29 is 4.79 Å². The fourth-order valence-electron chi connectivity index (χ4n) is 2.67. The molecule has 0 saturated carbocycles. The minimum Gasteiger partial charge on any atom is -0.356 e. The Morgan fingerprint density at radius 2 is 2.26 bits per heavy atom. The van der Waals surface area contributed by atoms with Gasteiger partial charge in [-0.1, -0.05) is 13.3 Å². The Morgan fingerprint density at radius 1 is 1.42 bits per heavy atom. The number of carbonyl (C=O) groups is 1. The molecule has 0 radical (unpaired) electrons. The van der Waals surface area contributed by atoms with Gasteiger partial charge in [-0.15, -0.1) is 0 Å². The molecular formula is C15H30N2OS. The largest absolute Gasteiger partial charge is 0.356 e. The van der Waals surface area contributed by atoms with Crippen molar-refractivity contribution in [3.63, 3.8) is 0 Å². The standard InChI is InChI=1S/C15H30N2OS/c1-13(14-7-6-8-16-12-14)11-15(18)17-9-4-3-5-10-19-2/h13-14,16H,3-12H2,1-2H3,(H,17,18). The second-order valence-corrected chi connectivity index (χ2v) is 6.68. The average Bonchev–Trinajstić information content (AvgIpc) is 2.43. The second-order valence-electron chi connectivity index (χ2n) is 5.69. The van der Waals surface area contributed by atoms with Crippen LogP contribution in [0.4, 0.5) is 0 Å². The van der Waals surface area contributed by atoms with E-state index in [1.807, 2.05) is 11.8 Å². The highest BCUT2D eigenvalue weighted by atomic mass is 32.2. The molecule has 112 valence electrons. The molecule has 2 N–H and O–H groups in total. The van der Waals surface area contributed by atoms with Crippen LogP contribution in [0.2, 0.25) is 0 Å². The lowest BCUT2D eigenvalue weighted by atomic mass is 9.85. The summed E-state index contributed by atoms with van der Waals surface area (Å²) in [5.74, 6) is 2.66. The van der Waals surface area contributed by atoms with Crippen LogP contribution in [0.1, 0.15) is 45.4 Å². The average molecular weight is 286 g/mol. The van der Waals surface area contributed by atoms with Crippen LogP contribution < -0.4 is 10.6 Å². The Kier molecular flexibility index (Phi) is 9.35. The van der Waals surface area contributed by atoms with Crippen LogP contribution in [0.3, 0.4) is 0 Å². The molecule has 1 saturated heterocycles. The van der Waals surface area contributed by atoms with Crippen molar-refractivity contribution in [3.8, 4) is 0 Å². The molecule has 1 amide bonds. The van der Waals surface area contributed by atoms with Gasteiger partial charge in [0.15, 0.2) is 0 Å². The molecular weight excluding hydrogens is 256 g/mol. The van der Waals surface area contributed by atoms with Gasteiger partial charge in [0.25, 0.3) is 0 Å². The summed E-state index contributed by atoms with van der Waals surface area (Å²) in [7, 11) is 0. The van der Waals surface area contributed by atoms with Crippen LogP contribution in [0.25, 0.3) is 0 Å². The predicted octanol–water partition coefficient (Wildman–Crippen LogP) is 2.66. The fraction of sp³-hybridized carbons (Fsp3) is 0.933. The molecule has 1 aliphatic heterocycles. The number of rotatable bonds is 9. The van der Waals surface area contributed by atoms with Crippen LogP contribution in [0.15, 0.2) is 0 Å². The molecule has 0 aromatic carbocycles. The van der Waals surface area contributed by atoms with Crippen LogP contribution in [-0.4, -0.2) is 37.6 Å². The first-order valence-electron chi connectivity index (χ1n) is 7.70. The van der Waals surface area contributed by atoms with E-state index in [9.17, 15) is 4.79 Å². The van der Waals surface area contributed by atoms with Crippen molar-refractivity contribution in [2.24, 2.45) is 11.8 Å². The maximum Gasteiger partial charge on any atom is 0.220 e. The summed E-state index contributed by atoms with van der Waals surface area (Å²) in [5.41, 5.74) is 0. The summed E-state index contributed by atoms with van der Waals surface area (Å²) in [4.78, 5) is 11.8. The van der Waals surface area contributed by atoms with Crippen molar-refractivity contribution in [1.29, 1.82) is 0 Å². The van der Waals surface area contributed by atoms with E-state index < -0.39 is 0 Å². The minimum absolute atomic E-state index is 0.239. The lowest BCUT2D eigenvalue weighted by molar-refractivity contribution is -0.122. The van der Waals surface area contributed by atoms with Gasteiger partial charge in [-0.2, -0.15) is 11.8 Å². The van der Waals surface area contributed by atoms with Gasteiger partial charge in [-0.3, -0.25) is 4.79 Å². The second kappa shape index (κ2) is 10.6. The Hall–Kier alpha value is -0.220. The number of piperidine rings is 1. The van der Waals surface area contributed by atoms with Crippen LogP contribution in [0, 0.1) is 11.8 Å². The number of amides is 1. The molecule has 3 nitrogen and oxygen atoms in total. The van der Waals surface area contributed by atoms with Crippen molar-refractivity contribution >= 4 is 17.7 Å². The summed E-state index contributed by atoms with van der Waals surface area (Å²) in [6.07, 6.45) is 8.97. The third-order valence-corrected chi connectivity index (χ3v) is 4.69. The van der Waals surface area contributed by atoms with Gasteiger partial charge in [-0.25, -0.2) is 0 Å². The van der Waals surface area contributed by atoms with Gasteiger partial charge in [-0.05, 0) is 62.6 Å². The van der Waals surface area contributed by atoms with E-state index in [0.29, 0.717) is 18.3 Å². The highest BCUT2D eigenvalue weighted by Crippen LogP contribution is 2.22. The van der Waals surface area contributed by atoms with Gasteiger partial charge in [0.1, 0.15) is 0 Å². The lowest BCUT2D eigenvalue weighted by Crippen LogP contribution is -2.35. The van der Waals surface area contributed by atoms with Gasteiger partial charge in [0.05, 0.1) is 0 Å². The Morgan fingerprint density at radius 3 is 2.95 bits per heavy atom. The first-order valence-corrected chi connectivity index (χ1v) is 9.09. The highest BCUT2D eigenvalue weighted by Gasteiger charge is 2.21. The van der Waals surface area contributed by atoms with E-state index in [1.165, 1.54) is 31.4 Å².